The summed E-state index contributed by atoms with van der Waals surface area (Å²) in [6, 6.07) is 7.12. The first-order chi connectivity index (χ1) is 11.6. The largest absolute Gasteiger partial charge is 0.507 e. The third kappa shape index (κ3) is 3.60. The second-order valence-electron chi connectivity index (χ2n) is 5.97. The van der Waals surface area contributed by atoms with E-state index in [4.69, 9.17) is 11.5 Å². The fourth-order valence-corrected chi connectivity index (χ4v) is 2.90. The minimum Gasteiger partial charge on any atom is -0.507 e. The Balaban J connectivity index is 1.77. The summed E-state index contributed by atoms with van der Waals surface area (Å²) in [7, 11) is 0. The van der Waals surface area contributed by atoms with E-state index < -0.39 is 0 Å². The molecule has 1 aromatic heterocycles. The number of hydrogen-bond acceptors (Lipinski definition) is 5. The molecule has 2 heterocycles. The van der Waals surface area contributed by atoms with Gasteiger partial charge >= 0.3 is 0 Å². The van der Waals surface area contributed by atoms with Gasteiger partial charge in [-0.2, -0.15) is 5.10 Å². The highest BCUT2D eigenvalue weighted by Gasteiger charge is 2.14. The predicted molar refractivity (Wildman–Crippen MR) is 95.3 cm³/mol. The zero-order valence-electron chi connectivity index (χ0n) is 13.5. The zero-order chi connectivity index (χ0) is 16.9. The summed E-state index contributed by atoms with van der Waals surface area (Å²) in [6.45, 7) is 1.99. The second kappa shape index (κ2) is 7.23. The average molecular weight is 325 g/mol. The van der Waals surface area contributed by atoms with Crippen molar-refractivity contribution in [2.75, 3.05) is 13.1 Å². The summed E-state index contributed by atoms with van der Waals surface area (Å²) in [5.74, 6) is 0.511. The van der Waals surface area contributed by atoms with E-state index in [0.717, 1.165) is 37.3 Å². The molecule has 0 aliphatic carbocycles. The molecule has 1 aromatic carbocycles. The van der Waals surface area contributed by atoms with Crippen LogP contribution in [0, 0.1) is 5.92 Å². The molecule has 3 rings (SSSR count). The van der Waals surface area contributed by atoms with E-state index in [1.807, 2.05) is 24.4 Å². The maximum Gasteiger partial charge on any atom is 0.127 e. The molecule has 0 saturated carbocycles. The van der Waals surface area contributed by atoms with Crippen LogP contribution in [0.1, 0.15) is 18.4 Å². The van der Waals surface area contributed by atoms with Gasteiger partial charge in [0.2, 0.25) is 0 Å². The Bertz CT molecular complexity index is 743. The summed E-state index contributed by atoms with van der Waals surface area (Å²) in [6.07, 6.45) is 9.20. The molecular formula is C18H23N5O. The summed E-state index contributed by atoms with van der Waals surface area (Å²) < 4.78 is 1.68. The molecule has 0 radical (unpaired) electrons. The van der Waals surface area contributed by atoms with Crippen LogP contribution in [0.3, 0.4) is 0 Å². The van der Waals surface area contributed by atoms with E-state index in [1.54, 1.807) is 29.1 Å². The Kier molecular flexibility index (Phi) is 4.86. The summed E-state index contributed by atoms with van der Waals surface area (Å²) in [5, 5.41) is 17.7. The van der Waals surface area contributed by atoms with E-state index in [-0.39, 0.29) is 5.75 Å². The zero-order valence-corrected chi connectivity index (χ0v) is 13.5. The topological polar surface area (TPSA) is 102 Å². The number of phenolic OH excluding ortho intramolecular Hbond substituents is 1. The highest BCUT2D eigenvalue weighted by atomic mass is 16.3. The van der Waals surface area contributed by atoms with Crippen molar-refractivity contribution >= 4 is 5.70 Å². The first kappa shape index (κ1) is 16.1. The van der Waals surface area contributed by atoms with Crippen molar-refractivity contribution < 1.29 is 5.11 Å². The van der Waals surface area contributed by atoms with Gasteiger partial charge in [-0.3, -0.25) is 0 Å². The smallest absolute Gasteiger partial charge is 0.127 e. The minimum absolute atomic E-state index is 0.116. The van der Waals surface area contributed by atoms with Crippen LogP contribution >= 0.6 is 0 Å². The lowest BCUT2D eigenvalue weighted by molar-refractivity contribution is 0.417. The maximum atomic E-state index is 10.3. The number of benzene rings is 1. The number of aromatic hydroxyl groups is 1. The van der Waals surface area contributed by atoms with E-state index in [9.17, 15) is 5.11 Å². The van der Waals surface area contributed by atoms with Crippen molar-refractivity contribution in [1.82, 2.24) is 15.1 Å². The van der Waals surface area contributed by atoms with Gasteiger partial charge in [-0.25, -0.2) is 4.68 Å². The third-order valence-electron chi connectivity index (χ3n) is 4.33. The number of nitrogens with zero attached hydrogens (tertiary/aromatic N) is 2. The summed E-state index contributed by atoms with van der Waals surface area (Å²) in [4.78, 5) is 0. The standard InChI is InChI=1S/C18H23N5O/c19-16(13-6-9-21-10-7-13)4-5-17(20)15-3-2-14(12-18(15)24)23-11-1-8-22-23/h1-5,8,11-13,21,24H,6-7,9-10,19-20H2/b16-4-,17-5-. The number of allylic oxidation sites excluding steroid dienone is 3. The highest BCUT2D eigenvalue weighted by Crippen LogP contribution is 2.25. The molecule has 0 spiro atoms. The molecule has 0 unspecified atom stereocenters. The maximum absolute atomic E-state index is 10.3. The number of hydrogen-bond donors (Lipinski definition) is 4. The highest BCUT2D eigenvalue weighted by molar-refractivity contribution is 5.70. The normalized spacial score (nSPS) is 17.2. The van der Waals surface area contributed by atoms with Crippen molar-refractivity contribution in [3.05, 3.63) is 60.1 Å². The van der Waals surface area contributed by atoms with E-state index >= 15 is 0 Å². The molecule has 24 heavy (non-hydrogen) atoms. The van der Waals surface area contributed by atoms with Crippen LogP contribution in [-0.4, -0.2) is 28.0 Å². The second-order valence-corrected chi connectivity index (χ2v) is 5.97. The molecule has 0 amide bonds. The molecule has 0 atom stereocenters. The lowest BCUT2D eigenvalue weighted by atomic mass is 9.94. The van der Waals surface area contributed by atoms with Crippen molar-refractivity contribution in [2.45, 2.75) is 12.8 Å². The molecule has 1 saturated heterocycles. The monoisotopic (exact) mass is 325 g/mol. The lowest BCUT2D eigenvalue weighted by Gasteiger charge is -2.22. The SMILES string of the molecule is N/C(=C\C=C(/N)C1CCNCC1)c1ccc(-n2cccn2)cc1O. The van der Waals surface area contributed by atoms with Crippen LogP contribution in [0.2, 0.25) is 0 Å². The fourth-order valence-electron chi connectivity index (χ4n) is 2.90. The van der Waals surface area contributed by atoms with Crippen LogP contribution in [0.25, 0.3) is 11.4 Å². The number of nitrogens with one attached hydrogen (secondary N) is 1. The summed E-state index contributed by atoms with van der Waals surface area (Å²) in [5.41, 5.74) is 15.0. The van der Waals surface area contributed by atoms with Gasteiger partial charge in [0, 0.05) is 41.3 Å². The van der Waals surface area contributed by atoms with Gasteiger partial charge in [-0.05, 0) is 56.3 Å². The summed E-state index contributed by atoms with van der Waals surface area (Å²) >= 11 is 0. The number of nitrogens with two attached hydrogens (primary N) is 2. The van der Waals surface area contributed by atoms with Gasteiger partial charge in [0.25, 0.3) is 0 Å². The predicted octanol–water partition coefficient (Wildman–Crippen LogP) is 1.72. The van der Waals surface area contributed by atoms with Gasteiger partial charge in [-0.15, -0.1) is 0 Å². The van der Waals surface area contributed by atoms with Gasteiger partial charge in [0.1, 0.15) is 5.75 Å². The van der Waals surface area contributed by atoms with Crippen molar-refractivity contribution in [2.24, 2.45) is 17.4 Å². The minimum atomic E-state index is 0.116. The molecule has 6 nitrogen and oxygen atoms in total. The van der Waals surface area contributed by atoms with Gasteiger partial charge in [0.15, 0.2) is 0 Å². The number of phenols is 1. The number of rotatable bonds is 4. The Morgan fingerprint density at radius 2 is 2.04 bits per heavy atom. The average Bonchev–Trinajstić information content (AvgIpc) is 3.14. The molecule has 1 fully saturated rings. The van der Waals surface area contributed by atoms with Crippen LogP contribution in [0.15, 0.2) is 54.5 Å². The molecule has 0 bridgehead atoms. The van der Waals surface area contributed by atoms with Crippen LogP contribution < -0.4 is 16.8 Å². The fraction of sp³-hybridized carbons (Fsp3) is 0.278. The molecule has 6 heteroatoms. The first-order valence-corrected chi connectivity index (χ1v) is 8.12. The van der Waals surface area contributed by atoms with E-state index in [0.29, 0.717) is 17.2 Å². The third-order valence-corrected chi connectivity index (χ3v) is 4.33. The number of aromatic nitrogens is 2. The number of piperidine rings is 1. The molecular weight excluding hydrogens is 302 g/mol. The molecule has 6 N–H and O–H groups in total. The van der Waals surface area contributed by atoms with E-state index in [2.05, 4.69) is 10.4 Å². The van der Waals surface area contributed by atoms with Crippen molar-refractivity contribution in [3.63, 3.8) is 0 Å². The molecule has 126 valence electrons. The van der Waals surface area contributed by atoms with Gasteiger partial charge in [0.05, 0.1) is 5.69 Å². The molecule has 2 aromatic rings. The first-order valence-electron chi connectivity index (χ1n) is 8.12. The Hall–Kier alpha value is -2.73. The van der Waals surface area contributed by atoms with Crippen LogP contribution in [0.4, 0.5) is 0 Å². The Labute approximate surface area is 141 Å². The Morgan fingerprint density at radius 1 is 1.25 bits per heavy atom. The van der Waals surface area contributed by atoms with Crippen molar-refractivity contribution in [1.29, 1.82) is 0 Å². The molecule has 1 aliphatic heterocycles. The lowest BCUT2D eigenvalue weighted by Crippen LogP contribution is -2.30. The quantitative estimate of drug-likeness (QED) is 0.641. The van der Waals surface area contributed by atoms with E-state index in [1.165, 1.54) is 0 Å². The van der Waals surface area contributed by atoms with Crippen LogP contribution in [-0.2, 0) is 0 Å². The van der Waals surface area contributed by atoms with Crippen molar-refractivity contribution in [3.8, 4) is 11.4 Å². The van der Waals surface area contributed by atoms with Gasteiger partial charge < -0.3 is 21.9 Å². The Morgan fingerprint density at radius 3 is 2.71 bits per heavy atom. The molecule has 1 aliphatic rings. The van der Waals surface area contributed by atoms with Crippen LogP contribution in [0.5, 0.6) is 5.75 Å². The van der Waals surface area contributed by atoms with Gasteiger partial charge in [-0.1, -0.05) is 0 Å².